The zero-order chi connectivity index (χ0) is 15.4. The number of benzene rings is 2. The third-order valence-corrected chi connectivity index (χ3v) is 4.02. The summed E-state index contributed by atoms with van der Waals surface area (Å²) in [7, 11) is 0. The van der Waals surface area contributed by atoms with Crippen LogP contribution in [0.4, 0.5) is 10.5 Å². The van der Waals surface area contributed by atoms with Crippen LogP contribution >= 0.6 is 0 Å². The Balaban J connectivity index is 1.82. The Morgan fingerprint density at radius 3 is 2.68 bits per heavy atom. The van der Waals surface area contributed by atoms with Crippen molar-refractivity contribution in [3.8, 4) is 12.3 Å². The topological polar surface area (TPSA) is 32.3 Å². The van der Waals surface area contributed by atoms with E-state index >= 15 is 0 Å². The van der Waals surface area contributed by atoms with E-state index in [1.54, 1.807) is 4.90 Å². The van der Waals surface area contributed by atoms with Gasteiger partial charge in [0, 0.05) is 5.69 Å². The fourth-order valence-electron chi connectivity index (χ4n) is 3.00. The van der Waals surface area contributed by atoms with Crippen LogP contribution in [0.1, 0.15) is 23.6 Å². The molecule has 2 aromatic rings. The highest BCUT2D eigenvalue weighted by atomic mass is 16.2. The Bertz CT molecular complexity index is 703. The quantitative estimate of drug-likeness (QED) is 0.856. The first kappa shape index (κ1) is 14.2. The average molecular weight is 290 g/mol. The lowest BCUT2D eigenvalue weighted by molar-refractivity contribution is 0.197. The molecule has 22 heavy (non-hydrogen) atoms. The molecule has 0 aliphatic heterocycles. The normalized spacial score (nSPS) is 15.7. The summed E-state index contributed by atoms with van der Waals surface area (Å²) in [5, 5.41) is 2.93. The van der Waals surface area contributed by atoms with Crippen molar-refractivity contribution in [1.29, 1.82) is 0 Å². The van der Waals surface area contributed by atoms with Gasteiger partial charge in [0.05, 0.1) is 12.6 Å². The summed E-state index contributed by atoms with van der Waals surface area (Å²) < 4.78 is 0. The number of hydrogen-bond donors (Lipinski definition) is 1. The number of para-hydroxylation sites is 1. The number of nitrogens with one attached hydrogen (secondary N) is 1. The molecule has 2 amide bonds. The number of carbonyl (C=O) groups is 1. The van der Waals surface area contributed by atoms with Crippen molar-refractivity contribution >= 4 is 11.7 Å². The molecule has 1 N–H and O–H groups in total. The van der Waals surface area contributed by atoms with Crippen molar-refractivity contribution in [1.82, 2.24) is 4.90 Å². The third-order valence-electron chi connectivity index (χ3n) is 4.02. The summed E-state index contributed by atoms with van der Waals surface area (Å²) in [4.78, 5) is 14.4. The molecule has 1 aliphatic carbocycles. The van der Waals surface area contributed by atoms with Gasteiger partial charge in [-0.25, -0.2) is 4.79 Å². The molecule has 0 radical (unpaired) electrons. The molecule has 2 aromatic carbocycles. The summed E-state index contributed by atoms with van der Waals surface area (Å²) in [5.41, 5.74) is 3.30. The van der Waals surface area contributed by atoms with Crippen molar-refractivity contribution in [3.63, 3.8) is 0 Å². The van der Waals surface area contributed by atoms with Gasteiger partial charge in [-0.2, -0.15) is 0 Å². The van der Waals surface area contributed by atoms with E-state index in [1.165, 1.54) is 11.1 Å². The fourth-order valence-corrected chi connectivity index (χ4v) is 3.00. The molecule has 1 aliphatic rings. The summed E-state index contributed by atoms with van der Waals surface area (Å²) in [6.45, 7) is 0.303. The molecular formula is C19H18N2O. The minimum absolute atomic E-state index is 0.0518. The van der Waals surface area contributed by atoms with E-state index in [-0.39, 0.29) is 12.1 Å². The van der Waals surface area contributed by atoms with Crippen LogP contribution < -0.4 is 5.32 Å². The fraction of sp³-hybridized carbons (Fsp3) is 0.211. The van der Waals surface area contributed by atoms with Crippen LogP contribution in [-0.2, 0) is 6.42 Å². The van der Waals surface area contributed by atoms with Gasteiger partial charge in [0.1, 0.15) is 0 Å². The third kappa shape index (κ3) is 2.82. The van der Waals surface area contributed by atoms with Crippen LogP contribution in [0, 0.1) is 12.3 Å². The zero-order valence-corrected chi connectivity index (χ0v) is 12.3. The number of anilines is 1. The molecule has 3 nitrogen and oxygen atoms in total. The van der Waals surface area contributed by atoms with Crippen LogP contribution in [0.5, 0.6) is 0 Å². The van der Waals surface area contributed by atoms with E-state index in [1.807, 2.05) is 42.5 Å². The van der Waals surface area contributed by atoms with Crippen molar-refractivity contribution in [3.05, 3.63) is 65.7 Å². The number of urea groups is 1. The second-order valence-corrected chi connectivity index (χ2v) is 5.38. The molecule has 1 atom stereocenters. The van der Waals surface area contributed by atoms with Crippen LogP contribution in [0.15, 0.2) is 54.6 Å². The number of nitrogens with zero attached hydrogens (tertiary/aromatic N) is 1. The molecule has 0 heterocycles. The molecule has 0 saturated heterocycles. The predicted molar refractivity (Wildman–Crippen MR) is 88.5 cm³/mol. The Labute approximate surface area is 131 Å². The number of hydrogen-bond acceptors (Lipinski definition) is 1. The SMILES string of the molecule is C#CCN(C(=O)Nc1ccccc1)C1CCc2ccccc21. The largest absolute Gasteiger partial charge is 0.323 e. The van der Waals surface area contributed by atoms with E-state index in [4.69, 9.17) is 6.42 Å². The van der Waals surface area contributed by atoms with Gasteiger partial charge in [-0.1, -0.05) is 48.4 Å². The number of fused-ring (bicyclic) bond motifs is 1. The minimum atomic E-state index is -0.147. The monoisotopic (exact) mass is 290 g/mol. The van der Waals surface area contributed by atoms with Crippen molar-refractivity contribution < 1.29 is 4.79 Å². The molecular weight excluding hydrogens is 272 g/mol. The molecule has 1 unspecified atom stereocenters. The predicted octanol–water partition coefficient (Wildman–Crippen LogP) is 3.84. The van der Waals surface area contributed by atoms with Gasteiger partial charge in [0.2, 0.25) is 0 Å². The van der Waals surface area contributed by atoms with Crippen molar-refractivity contribution in [2.45, 2.75) is 18.9 Å². The second-order valence-electron chi connectivity index (χ2n) is 5.38. The minimum Gasteiger partial charge on any atom is -0.308 e. The smallest absolute Gasteiger partial charge is 0.308 e. The Morgan fingerprint density at radius 2 is 1.91 bits per heavy atom. The van der Waals surface area contributed by atoms with E-state index in [0.717, 1.165) is 18.5 Å². The number of carbonyl (C=O) groups excluding carboxylic acids is 1. The molecule has 3 heteroatoms. The standard InChI is InChI=1S/C19H18N2O/c1-2-14-21(19(22)20-16-9-4-3-5-10-16)18-13-12-15-8-6-7-11-17(15)18/h1,3-11,18H,12-14H2,(H,20,22). The first-order valence-corrected chi connectivity index (χ1v) is 7.43. The van der Waals surface area contributed by atoms with E-state index in [0.29, 0.717) is 6.54 Å². The molecule has 110 valence electrons. The Hall–Kier alpha value is -2.73. The lowest BCUT2D eigenvalue weighted by atomic mass is 10.1. The van der Waals surface area contributed by atoms with Crippen LogP contribution in [0.2, 0.25) is 0 Å². The molecule has 0 saturated carbocycles. The lowest BCUT2D eigenvalue weighted by Crippen LogP contribution is -2.37. The van der Waals surface area contributed by atoms with E-state index in [9.17, 15) is 4.79 Å². The second kappa shape index (κ2) is 6.36. The molecule has 0 spiro atoms. The van der Waals surface area contributed by atoms with Gasteiger partial charge in [-0.05, 0) is 36.1 Å². The summed E-state index contributed by atoms with van der Waals surface area (Å²) >= 11 is 0. The molecule has 0 fully saturated rings. The number of amides is 2. The number of rotatable bonds is 3. The maximum atomic E-state index is 12.6. The van der Waals surface area contributed by atoms with Crippen LogP contribution in [0.3, 0.4) is 0 Å². The van der Waals surface area contributed by atoms with E-state index in [2.05, 4.69) is 23.4 Å². The van der Waals surface area contributed by atoms with Gasteiger partial charge in [-0.3, -0.25) is 0 Å². The van der Waals surface area contributed by atoms with Crippen LogP contribution in [-0.4, -0.2) is 17.5 Å². The summed E-state index contributed by atoms with van der Waals surface area (Å²) in [6, 6.07) is 17.6. The zero-order valence-electron chi connectivity index (χ0n) is 12.3. The first-order chi connectivity index (χ1) is 10.8. The van der Waals surface area contributed by atoms with Gasteiger partial charge >= 0.3 is 6.03 Å². The lowest BCUT2D eigenvalue weighted by Gasteiger charge is -2.28. The Kier molecular flexibility index (Phi) is 4.11. The number of aryl methyl sites for hydroxylation is 1. The van der Waals surface area contributed by atoms with Gasteiger partial charge in [0.15, 0.2) is 0 Å². The summed E-state index contributed by atoms with van der Waals surface area (Å²) in [6.07, 6.45) is 7.38. The van der Waals surface area contributed by atoms with Crippen LogP contribution in [0.25, 0.3) is 0 Å². The van der Waals surface area contributed by atoms with Crippen molar-refractivity contribution in [2.75, 3.05) is 11.9 Å². The highest BCUT2D eigenvalue weighted by Gasteiger charge is 2.30. The van der Waals surface area contributed by atoms with Gasteiger partial charge in [-0.15, -0.1) is 6.42 Å². The number of terminal acetylenes is 1. The van der Waals surface area contributed by atoms with Crippen molar-refractivity contribution in [2.24, 2.45) is 0 Å². The maximum Gasteiger partial charge on any atom is 0.323 e. The highest BCUT2D eigenvalue weighted by molar-refractivity contribution is 5.89. The molecule has 0 bridgehead atoms. The van der Waals surface area contributed by atoms with E-state index < -0.39 is 0 Å². The maximum absolute atomic E-state index is 12.6. The first-order valence-electron chi connectivity index (χ1n) is 7.43. The highest BCUT2D eigenvalue weighted by Crippen LogP contribution is 2.35. The summed E-state index contributed by atoms with van der Waals surface area (Å²) in [5.74, 6) is 2.61. The molecule has 3 rings (SSSR count). The Morgan fingerprint density at radius 1 is 1.18 bits per heavy atom. The van der Waals surface area contributed by atoms with Gasteiger partial charge in [0.25, 0.3) is 0 Å². The molecule has 0 aromatic heterocycles. The van der Waals surface area contributed by atoms with Gasteiger partial charge < -0.3 is 10.2 Å². The average Bonchev–Trinajstić information content (AvgIpc) is 2.97.